The summed E-state index contributed by atoms with van der Waals surface area (Å²) in [6, 6.07) is 16.7. The predicted octanol–water partition coefficient (Wildman–Crippen LogP) is 3.85. The molecule has 1 amide bonds. The van der Waals surface area contributed by atoms with E-state index in [0.717, 1.165) is 22.6 Å². The highest BCUT2D eigenvalue weighted by Crippen LogP contribution is 2.20. The Morgan fingerprint density at radius 3 is 2.50 bits per heavy atom. The molecule has 2 aromatic carbocycles. The van der Waals surface area contributed by atoms with Crippen LogP contribution in [0.4, 0.5) is 0 Å². The van der Waals surface area contributed by atoms with Crippen LogP contribution in [0.15, 0.2) is 60.7 Å². The molecule has 3 aromatic rings. The van der Waals surface area contributed by atoms with Crippen molar-refractivity contribution in [2.24, 2.45) is 0 Å². The monoisotopic (exact) mass is 403 g/mol. The molecule has 1 heterocycles. The van der Waals surface area contributed by atoms with Crippen molar-refractivity contribution in [3.05, 3.63) is 83.2 Å². The number of ketones is 1. The van der Waals surface area contributed by atoms with Crippen LogP contribution in [0.1, 0.15) is 27.3 Å². The molecule has 30 heavy (non-hydrogen) atoms. The summed E-state index contributed by atoms with van der Waals surface area (Å²) in [7, 11) is 3.33. The highest BCUT2D eigenvalue weighted by molar-refractivity contribution is 6.07. The highest BCUT2D eigenvalue weighted by Gasteiger charge is 2.12. The fraction of sp³-hybridized carbons (Fsp3) is 0.208. The molecule has 154 valence electrons. The van der Waals surface area contributed by atoms with Gasteiger partial charge in [-0.1, -0.05) is 30.3 Å². The molecule has 0 N–H and O–H groups in total. The molecular formula is C24H25N3O3. The molecule has 0 radical (unpaired) electrons. The maximum absolute atomic E-state index is 12.7. The normalized spacial score (nSPS) is 10.9. The lowest BCUT2D eigenvalue weighted by atomic mass is 10.1. The van der Waals surface area contributed by atoms with E-state index in [9.17, 15) is 9.59 Å². The van der Waals surface area contributed by atoms with Crippen molar-refractivity contribution in [1.29, 1.82) is 0 Å². The van der Waals surface area contributed by atoms with Crippen LogP contribution in [-0.2, 0) is 4.79 Å². The number of amides is 1. The lowest BCUT2D eigenvalue weighted by molar-refractivity contribution is -0.130. The minimum absolute atomic E-state index is 0.0719. The molecule has 0 aliphatic rings. The third kappa shape index (κ3) is 4.84. The summed E-state index contributed by atoms with van der Waals surface area (Å²) < 4.78 is 7.36. The fourth-order valence-corrected chi connectivity index (χ4v) is 2.99. The van der Waals surface area contributed by atoms with E-state index in [2.05, 4.69) is 5.10 Å². The lowest BCUT2D eigenvalue weighted by Gasteiger charge is -2.11. The number of benzene rings is 2. The van der Waals surface area contributed by atoms with Crippen LogP contribution >= 0.6 is 0 Å². The molecule has 0 saturated carbocycles. The van der Waals surface area contributed by atoms with Gasteiger partial charge in [-0.3, -0.25) is 9.59 Å². The van der Waals surface area contributed by atoms with Gasteiger partial charge in [0.15, 0.2) is 12.4 Å². The van der Waals surface area contributed by atoms with E-state index >= 15 is 0 Å². The van der Waals surface area contributed by atoms with Crippen LogP contribution in [0.25, 0.3) is 11.8 Å². The summed E-state index contributed by atoms with van der Waals surface area (Å²) in [5.74, 6) is 0.187. The number of rotatable bonds is 7. The summed E-state index contributed by atoms with van der Waals surface area (Å²) in [5.41, 5.74) is 4.19. The third-order valence-electron chi connectivity index (χ3n) is 4.73. The molecule has 0 unspecified atom stereocenters. The van der Waals surface area contributed by atoms with Crippen molar-refractivity contribution in [3.8, 4) is 11.4 Å². The average Bonchev–Trinajstić information content (AvgIpc) is 3.04. The van der Waals surface area contributed by atoms with Gasteiger partial charge in [0.05, 0.1) is 11.4 Å². The predicted molar refractivity (Wildman–Crippen MR) is 117 cm³/mol. The summed E-state index contributed by atoms with van der Waals surface area (Å²) in [6.45, 7) is 3.83. The van der Waals surface area contributed by atoms with E-state index in [1.54, 1.807) is 44.4 Å². The molecule has 0 saturated heterocycles. The van der Waals surface area contributed by atoms with Gasteiger partial charge in [-0.15, -0.1) is 0 Å². The number of hydrogen-bond acceptors (Lipinski definition) is 4. The Morgan fingerprint density at radius 2 is 1.80 bits per heavy atom. The van der Waals surface area contributed by atoms with E-state index in [1.807, 2.05) is 48.9 Å². The second-order valence-electron chi connectivity index (χ2n) is 7.13. The van der Waals surface area contributed by atoms with Crippen molar-refractivity contribution in [1.82, 2.24) is 14.7 Å². The number of aromatic nitrogens is 2. The quantitative estimate of drug-likeness (QED) is 0.444. The fourth-order valence-electron chi connectivity index (χ4n) is 2.99. The van der Waals surface area contributed by atoms with Crippen LogP contribution in [0.3, 0.4) is 0 Å². The first-order chi connectivity index (χ1) is 14.4. The Morgan fingerprint density at radius 1 is 1.07 bits per heavy atom. The van der Waals surface area contributed by atoms with Gasteiger partial charge in [0.2, 0.25) is 0 Å². The molecule has 0 aliphatic carbocycles. The van der Waals surface area contributed by atoms with Gasteiger partial charge in [0.1, 0.15) is 5.75 Å². The number of ether oxygens (including phenoxy) is 1. The number of allylic oxidation sites excluding steroid dienone is 1. The van der Waals surface area contributed by atoms with E-state index in [4.69, 9.17) is 4.74 Å². The molecule has 0 atom stereocenters. The van der Waals surface area contributed by atoms with Crippen LogP contribution in [0.2, 0.25) is 0 Å². The maximum Gasteiger partial charge on any atom is 0.259 e. The zero-order valence-electron chi connectivity index (χ0n) is 17.6. The van der Waals surface area contributed by atoms with Crippen molar-refractivity contribution in [2.45, 2.75) is 13.8 Å². The minimum Gasteiger partial charge on any atom is -0.484 e. The zero-order chi connectivity index (χ0) is 21.7. The first-order valence-corrected chi connectivity index (χ1v) is 9.64. The van der Waals surface area contributed by atoms with Gasteiger partial charge in [0, 0.05) is 30.9 Å². The van der Waals surface area contributed by atoms with Gasteiger partial charge in [-0.2, -0.15) is 5.10 Å². The third-order valence-corrected chi connectivity index (χ3v) is 4.73. The molecule has 6 heteroatoms. The van der Waals surface area contributed by atoms with E-state index < -0.39 is 0 Å². The molecule has 0 aliphatic heterocycles. The summed E-state index contributed by atoms with van der Waals surface area (Å²) >= 11 is 0. The second-order valence-corrected chi connectivity index (χ2v) is 7.13. The van der Waals surface area contributed by atoms with E-state index in [0.29, 0.717) is 11.3 Å². The maximum atomic E-state index is 12.7. The topological polar surface area (TPSA) is 64.4 Å². The second kappa shape index (κ2) is 9.22. The number of nitrogens with zero attached hydrogens (tertiary/aromatic N) is 3. The number of likely N-dealkylation sites (N-methyl/N-ethyl adjacent to an activating group) is 1. The number of carbonyl (C=O) groups is 2. The van der Waals surface area contributed by atoms with E-state index in [1.165, 1.54) is 11.0 Å². The molecular weight excluding hydrogens is 378 g/mol. The van der Waals surface area contributed by atoms with Gasteiger partial charge in [-0.25, -0.2) is 4.68 Å². The standard InChI is InChI=1S/C24H25N3O3/c1-17-22(18(2)27(25-17)20-10-6-5-7-11-20)13-14-23(28)19-9-8-12-21(15-19)30-16-24(29)26(3)4/h5-15H,16H2,1-4H3. The van der Waals surface area contributed by atoms with Crippen molar-refractivity contribution in [3.63, 3.8) is 0 Å². The molecule has 0 spiro atoms. The van der Waals surface area contributed by atoms with Gasteiger partial charge in [-0.05, 0) is 50.3 Å². The Hall–Kier alpha value is -3.67. The first-order valence-electron chi connectivity index (χ1n) is 9.64. The number of para-hydroxylation sites is 1. The number of hydrogen-bond donors (Lipinski definition) is 0. The molecule has 3 rings (SSSR count). The van der Waals surface area contributed by atoms with Gasteiger partial charge >= 0.3 is 0 Å². The summed E-state index contributed by atoms with van der Waals surface area (Å²) in [4.78, 5) is 25.8. The SMILES string of the molecule is Cc1nn(-c2ccccc2)c(C)c1C=CC(=O)c1cccc(OCC(=O)N(C)C)c1. The average molecular weight is 403 g/mol. The van der Waals surface area contributed by atoms with Crippen LogP contribution in [0.5, 0.6) is 5.75 Å². The Balaban J connectivity index is 1.76. The molecule has 0 bridgehead atoms. The number of carbonyl (C=O) groups excluding carboxylic acids is 2. The van der Waals surface area contributed by atoms with Gasteiger partial charge in [0.25, 0.3) is 5.91 Å². The summed E-state index contributed by atoms with van der Waals surface area (Å²) in [6.07, 6.45) is 3.33. The highest BCUT2D eigenvalue weighted by atomic mass is 16.5. The van der Waals surface area contributed by atoms with E-state index in [-0.39, 0.29) is 18.3 Å². The Kier molecular flexibility index (Phi) is 6.47. The van der Waals surface area contributed by atoms with Crippen molar-refractivity contribution < 1.29 is 14.3 Å². The lowest BCUT2D eigenvalue weighted by Crippen LogP contribution is -2.27. The van der Waals surface area contributed by atoms with Crippen LogP contribution in [0, 0.1) is 13.8 Å². The smallest absolute Gasteiger partial charge is 0.259 e. The van der Waals surface area contributed by atoms with Crippen LogP contribution < -0.4 is 4.74 Å². The Bertz CT molecular complexity index is 1080. The zero-order valence-corrected chi connectivity index (χ0v) is 17.6. The Labute approximate surface area is 176 Å². The minimum atomic E-state index is -0.148. The molecule has 0 fully saturated rings. The van der Waals surface area contributed by atoms with Gasteiger partial charge < -0.3 is 9.64 Å². The molecule has 1 aromatic heterocycles. The first kappa shape index (κ1) is 21.0. The van der Waals surface area contributed by atoms with Crippen molar-refractivity contribution >= 4 is 17.8 Å². The van der Waals surface area contributed by atoms with Crippen molar-refractivity contribution in [2.75, 3.05) is 20.7 Å². The number of aryl methyl sites for hydroxylation is 1. The van der Waals surface area contributed by atoms with Crippen LogP contribution in [-0.4, -0.2) is 47.1 Å². The summed E-state index contributed by atoms with van der Waals surface area (Å²) in [5, 5.41) is 4.60. The molecule has 6 nitrogen and oxygen atoms in total. The largest absolute Gasteiger partial charge is 0.484 e.